The molecule has 0 aromatic heterocycles. The molecule has 144 valence electrons. The number of carbonyl (C=O) groups is 3. The fraction of sp³-hybridized carbons (Fsp3) is 0.286. The summed E-state index contributed by atoms with van der Waals surface area (Å²) in [6.45, 7) is 3.82. The number of aliphatic carboxylic acids is 1. The molecular weight excluding hydrogens is 360 g/mol. The molecule has 3 N–H and O–H groups in total. The zero-order valence-corrected chi connectivity index (χ0v) is 15.4. The van der Waals surface area contributed by atoms with E-state index in [2.05, 4.69) is 5.32 Å². The highest BCUT2D eigenvalue weighted by Gasteiger charge is 2.61. The lowest BCUT2D eigenvalue weighted by Crippen LogP contribution is -2.43. The number of carboxylic acid groups (broad SMARTS) is 1. The van der Waals surface area contributed by atoms with Crippen LogP contribution in [-0.2, 0) is 14.4 Å². The summed E-state index contributed by atoms with van der Waals surface area (Å²) in [6.07, 6.45) is 0. The van der Waals surface area contributed by atoms with Crippen molar-refractivity contribution in [3.63, 3.8) is 0 Å². The van der Waals surface area contributed by atoms with Crippen molar-refractivity contribution in [1.82, 2.24) is 5.32 Å². The van der Waals surface area contributed by atoms with Gasteiger partial charge in [0, 0.05) is 11.6 Å². The van der Waals surface area contributed by atoms with E-state index < -0.39 is 41.7 Å². The smallest absolute Gasteiger partial charge is 0.321 e. The minimum atomic E-state index is -1.21. The number of amides is 2. The zero-order chi connectivity index (χ0) is 20.2. The van der Waals surface area contributed by atoms with Gasteiger partial charge in [0.1, 0.15) is 11.8 Å². The van der Waals surface area contributed by atoms with Crippen molar-refractivity contribution in [3.8, 4) is 5.75 Å². The quantitative estimate of drug-likeness (QED) is 0.703. The topological polar surface area (TPSA) is 107 Å². The van der Waals surface area contributed by atoms with Crippen LogP contribution in [0.4, 0.5) is 5.69 Å². The number of carbonyl (C=O) groups excluding carboxylic acids is 2. The number of carboxylic acids is 1. The summed E-state index contributed by atoms with van der Waals surface area (Å²) >= 11 is 0. The standard InChI is InChI=1S/C21H20N2O5/c1-10-7-8-12(9-11(10)2)23-19(25)15-16(20(23)26)18(21(27)28)22-17(15)13-5-3-4-6-14(13)24/h3-9,15-18,22,24H,1-2H3,(H,27,28)/t15-,16-,17+,18-/m0/s1. The summed E-state index contributed by atoms with van der Waals surface area (Å²) in [7, 11) is 0. The van der Waals surface area contributed by atoms with E-state index >= 15 is 0 Å². The van der Waals surface area contributed by atoms with Crippen LogP contribution in [0, 0.1) is 25.7 Å². The molecule has 0 radical (unpaired) electrons. The van der Waals surface area contributed by atoms with E-state index in [0.29, 0.717) is 11.3 Å². The first-order valence-electron chi connectivity index (χ1n) is 9.03. The molecule has 2 aromatic rings. The van der Waals surface area contributed by atoms with Crippen molar-refractivity contribution < 1.29 is 24.6 Å². The molecule has 0 spiro atoms. The Balaban J connectivity index is 1.80. The summed E-state index contributed by atoms with van der Waals surface area (Å²) in [6, 6.07) is 9.75. The number of phenols is 1. The van der Waals surface area contributed by atoms with E-state index in [9.17, 15) is 24.6 Å². The van der Waals surface area contributed by atoms with Gasteiger partial charge in [-0.05, 0) is 43.2 Å². The van der Waals surface area contributed by atoms with Gasteiger partial charge in [-0.15, -0.1) is 0 Å². The predicted molar refractivity (Wildman–Crippen MR) is 101 cm³/mol. The number of hydrogen-bond acceptors (Lipinski definition) is 5. The van der Waals surface area contributed by atoms with Gasteiger partial charge in [-0.2, -0.15) is 0 Å². The first-order chi connectivity index (χ1) is 13.3. The highest BCUT2D eigenvalue weighted by Crippen LogP contribution is 2.47. The maximum Gasteiger partial charge on any atom is 0.321 e. The van der Waals surface area contributed by atoms with Gasteiger partial charge in [0.05, 0.1) is 17.5 Å². The minimum absolute atomic E-state index is 0.0466. The summed E-state index contributed by atoms with van der Waals surface area (Å²) in [4.78, 5) is 39.2. The van der Waals surface area contributed by atoms with Crippen molar-refractivity contribution in [2.24, 2.45) is 11.8 Å². The Hall–Kier alpha value is -3.19. The van der Waals surface area contributed by atoms with Gasteiger partial charge < -0.3 is 10.2 Å². The van der Waals surface area contributed by atoms with Crippen LogP contribution in [0.2, 0.25) is 0 Å². The molecule has 2 aromatic carbocycles. The van der Waals surface area contributed by atoms with Crippen molar-refractivity contribution in [3.05, 3.63) is 59.2 Å². The van der Waals surface area contributed by atoms with Crippen LogP contribution in [-0.4, -0.2) is 34.0 Å². The van der Waals surface area contributed by atoms with Crippen molar-refractivity contribution in [1.29, 1.82) is 0 Å². The lowest BCUT2D eigenvalue weighted by molar-refractivity contribution is -0.142. The van der Waals surface area contributed by atoms with Gasteiger partial charge in [-0.25, -0.2) is 4.90 Å². The molecule has 7 nitrogen and oxygen atoms in total. The third kappa shape index (κ3) is 2.58. The number of phenolic OH excluding ortho intramolecular Hbond substituents is 1. The fourth-order valence-electron chi connectivity index (χ4n) is 4.19. The first kappa shape index (κ1) is 18.2. The van der Waals surface area contributed by atoms with Crippen LogP contribution in [0.25, 0.3) is 0 Å². The molecule has 2 aliphatic rings. The monoisotopic (exact) mass is 380 g/mol. The van der Waals surface area contributed by atoms with Crippen LogP contribution in [0.5, 0.6) is 5.75 Å². The molecule has 2 amide bonds. The molecule has 0 unspecified atom stereocenters. The van der Waals surface area contributed by atoms with Crippen LogP contribution >= 0.6 is 0 Å². The molecule has 28 heavy (non-hydrogen) atoms. The van der Waals surface area contributed by atoms with Gasteiger partial charge >= 0.3 is 5.97 Å². The number of nitrogens with zero attached hydrogens (tertiary/aromatic N) is 1. The van der Waals surface area contributed by atoms with E-state index in [-0.39, 0.29) is 5.75 Å². The van der Waals surface area contributed by atoms with Crippen molar-refractivity contribution >= 4 is 23.5 Å². The van der Waals surface area contributed by atoms with Gasteiger partial charge in [-0.3, -0.25) is 19.7 Å². The molecule has 2 fully saturated rings. The maximum atomic E-state index is 13.2. The maximum absolute atomic E-state index is 13.2. The number of benzene rings is 2. The van der Waals surface area contributed by atoms with Gasteiger partial charge in [0.2, 0.25) is 11.8 Å². The number of hydrogen-bond donors (Lipinski definition) is 3. The Morgan fingerprint density at radius 1 is 1.00 bits per heavy atom. The van der Waals surface area contributed by atoms with E-state index in [1.54, 1.807) is 30.3 Å². The molecule has 2 aliphatic heterocycles. The Bertz CT molecular complexity index is 1000. The van der Waals surface area contributed by atoms with E-state index in [0.717, 1.165) is 16.0 Å². The van der Waals surface area contributed by atoms with Gasteiger partial charge in [-0.1, -0.05) is 24.3 Å². The minimum Gasteiger partial charge on any atom is -0.508 e. The number of aromatic hydroxyl groups is 1. The molecular formula is C21H20N2O5. The fourth-order valence-corrected chi connectivity index (χ4v) is 4.19. The molecule has 0 bridgehead atoms. The zero-order valence-electron chi connectivity index (χ0n) is 15.4. The Kier molecular flexibility index (Phi) is 4.19. The third-order valence-electron chi connectivity index (χ3n) is 5.76. The number of para-hydroxylation sites is 1. The second kappa shape index (κ2) is 6.45. The normalized spacial score (nSPS) is 26.6. The molecule has 0 saturated carbocycles. The van der Waals surface area contributed by atoms with Crippen LogP contribution in [0.1, 0.15) is 22.7 Å². The summed E-state index contributed by atoms with van der Waals surface area (Å²) in [5.41, 5.74) is 2.80. The Morgan fingerprint density at radius 3 is 2.32 bits per heavy atom. The first-order valence-corrected chi connectivity index (χ1v) is 9.03. The predicted octanol–water partition coefficient (Wildman–Crippen LogP) is 1.91. The lowest BCUT2D eigenvalue weighted by atomic mass is 9.86. The Labute approximate surface area is 161 Å². The number of nitrogens with one attached hydrogen (secondary N) is 1. The molecule has 4 atom stereocenters. The molecule has 4 rings (SSSR count). The molecule has 2 heterocycles. The second-order valence-corrected chi connectivity index (χ2v) is 7.35. The highest BCUT2D eigenvalue weighted by molar-refractivity contribution is 6.23. The van der Waals surface area contributed by atoms with Crippen LogP contribution in [0.15, 0.2) is 42.5 Å². The number of rotatable bonds is 3. The van der Waals surface area contributed by atoms with Crippen LogP contribution < -0.4 is 10.2 Å². The van der Waals surface area contributed by atoms with Crippen LogP contribution in [0.3, 0.4) is 0 Å². The van der Waals surface area contributed by atoms with Crippen molar-refractivity contribution in [2.75, 3.05) is 4.90 Å². The highest BCUT2D eigenvalue weighted by atomic mass is 16.4. The lowest BCUT2D eigenvalue weighted by Gasteiger charge is -2.22. The summed E-state index contributed by atoms with van der Waals surface area (Å²) in [5, 5.41) is 22.7. The average Bonchev–Trinajstić information content (AvgIpc) is 3.16. The SMILES string of the molecule is Cc1ccc(N2C(=O)[C@H]3[C@H](C2=O)[C@@H](c2ccccc2O)N[C@@H]3C(=O)O)cc1C. The molecule has 0 aliphatic carbocycles. The summed E-state index contributed by atoms with van der Waals surface area (Å²) in [5.74, 6) is -4.16. The second-order valence-electron chi connectivity index (χ2n) is 7.35. The van der Waals surface area contributed by atoms with Gasteiger partial charge in [0.25, 0.3) is 0 Å². The van der Waals surface area contributed by atoms with E-state index in [4.69, 9.17) is 0 Å². The van der Waals surface area contributed by atoms with Crippen molar-refractivity contribution in [2.45, 2.75) is 25.9 Å². The number of aryl methyl sites for hydroxylation is 2. The molecule has 7 heteroatoms. The van der Waals surface area contributed by atoms with Gasteiger partial charge in [0.15, 0.2) is 0 Å². The van der Waals surface area contributed by atoms with E-state index in [1.165, 1.54) is 6.07 Å². The van der Waals surface area contributed by atoms with E-state index in [1.807, 2.05) is 19.9 Å². The largest absolute Gasteiger partial charge is 0.508 e. The summed E-state index contributed by atoms with van der Waals surface area (Å²) < 4.78 is 0. The third-order valence-corrected chi connectivity index (χ3v) is 5.76. The number of imide groups is 1. The number of fused-ring (bicyclic) bond motifs is 1. The average molecular weight is 380 g/mol. The number of anilines is 1. The molecule has 2 saturated heterocycles. The Morgan fingerprint density at radius 2 is 1.68 bits per heavy atom.